The lowest BCUT2D eigenvalue weighted by atomic mass is 10.3. The number of pyridine rings is 1. The highest BCUT2D eigenvalue weighted by atomic mass is 35.5. The molecule has 0 saturated carbocycles. The molecule has 80 valence electrons. The molecule has 1 atom stereocenters. The quantitative estimate of drug-likeness (QED) is 0.822. The Bertz CT molecular complexity index is 495. The molecule has 2 aromatic heterocycles. The van der Waals surface area contributed by atoms with Crippen LogP contribution in [-0.2, 0) is 0 Å². The van der Waals surface area contributed by atoms with Crippen molar-refractivity contribution < 1.29 is 5.11 Å². The van der Waals surface area contributed by atoms with Crippen LogP contribution in [0.1, 0.15) is 18.8 Å². The minimum Gasteiger partial charge on any atom is -0.506 e. The normalized spacial score (nSPS) is 13.3. The molecular weight excluding hydrogens is 214 g/mol. The van der Waals surface area contributed by atoms with E-state index in [0.29, 0.717) is 5.15 Å². The maximum Gasteiger partial charge on any atom is 0.155 e. The van der Waals surface area contributed by atoms with Crippen molar-refractivity contribution >= 4 is 17.1 Å². The van der Waals surface area contributed by atoms with Crippen LogP contribution in [0.15, 0.2) is 18.3 Å². The van der Waals surface area contributed by atoms with Crippen LogP contribution >= 0.6 is 11.6 Å². The fourth-order valence-electron chi connectivity index (χ4n) is 1.49. The molecule has 4 nitrogen and oxygen atoms in total. The van der Waals surface area contributed by atoms with Crippen molar-refractivity contribution in [3.63, 3.8) is 0 Å². The third-order valence-electron chi connectivity index (χ3n) is 2.42. The first-order valence-corrected chi connectivity index (χ1v) is 5.05. The second kappa shape index (κ2) is 3.72. The second-order valence-electron chi connectivity index (χ2n) is 3.41. The van der Waals surface area contributed by atoms with Gasteiger partial charge in [-0.15, -0.1) is 0 Å². The van der Waals surface area contributed by atoms with Crippen LogP contribution in [0.25, 0.3) is 5.52 Å². The van der Waals surface area contributed by atoms with Gasteiger partial charge in [0.05, 0.1) is 17.8 Å². The van der Waals surface area contributed by atoms with E-state index in [2.05, 4.69) is 10.3 Å². The van der Waals surface area contributed by atoms with Crippen molar-refractivity contribution in [3.8, 4) is 5.75 Å². The summed E-state index contributed by atoms with van der Waals surface area (Å²) in [6.45, 7) is 1.98. The topological polar surface area (TPSA) is 49.6 Å². The zero-order valence-electron chi connectivity index (χ0n) is 8.53. The fourth-order valence-corrected chi connectivity index (χ4v) is 1.73. The summed E-state index contributed by atoms with van der Waals surface area (Å²) in [6, 6.07) is 3.42. The molecule has 0 amide bonds. The van der Waals surface area contributed by atoms with Crippen LogP contribution in [0.5, 0.6) is 5.75 Å². The van der Waals surface area contributed by atoms with E-state index in [9.17, 15) is 5.11 Å². The van der Waals surface area contributed by atoms with E-state index in [4.69, 9.17) is 11.6 Å². The Hall–Kier alpha value is -1.26. The van der Waals surface area contributed by atoms with Gasteiger partial charge >= 0.3 is 0 Å². The molecule has 0 fully saturated rings. The number of aromatic nitrogens is 2. The average molecular weight is 226 g/mol. The molecule has 0 bridgehead atoms. The van der Waals surface area contributed by atoms with E-state index in [1.165, 1.54) is 0 Å². The van der Waals surface area contributed by atoms with Crippen LogP contribution < -0.4 is 5.32 Å². The van der Waals surface area contributed by atoms with Crippen molar-refractivity contribution in [3.05, 3.63) is 29.3 Å². The van der Waals surface area contributed by atoms with Crippen LogP contribution in [0.4, 0.5) is 0 Å². The number of rotatable bonds is 2. The molecule has 15 heavy (non-hydrogen) atoms. The van der Waals surface area contributed by atoms with Gasteiger partial charge in [0.15, 0.2) is 5.15 Å². The van der Waals surface area contributed by atoms with Crippen molar-refractivity contribution in [1.82, 2.24) is 14.7 Å². The molecule has 0 aliphatic rings. The standard InChI is InChI=1S/C10H12ClN3O/c1-6(12-2)10-13-9(11)8-4-3-7(15)5-14(8)10/h3-6,12,15H,1-2H3. The highest BCUT2D eigenvalue weighted by Crippen LogP contribution is 2.24. The Morgan fingerprint density at radius 1 is 1.53 bits per heavy atom. The summed E-state index contributed by atoms with van der Waals surface area (Å²) in [6.07, 6.45) is 1.61. The van der Waals surface area contributed by atoms with Crippen molar-refractivity contribution in [2.24, 2.45) is 0 Å². The van der Waals surface area contributed by atoms with Crippen LogP contribution in [0.3, 0.4) is 0 Å². The molecular formula is C10H12ClN3O. The Labute approximate surface area is 92.5 Å². The summed E-state index contributed by atoms with van der Waals surface area (Å²) >= 11 is 5.99. The first kappa shape index (κ1) is 10.3. The van der Waals surface area contributed by atoms with E-state index in [-0.39, 0.29) is 11.8 Å². The summed E-state index contributed by atoms with van der Waals surface area (Å²) in [5.41, 5.74) is 0.798. The van der Waals surface area contributed by atoms with Gasteiger partial charge in [-0.25, -0.2) is 4.98 Å². The number of nitrogens with one attached hydrogen (secondary N) is 1. The zero-order valence-corrected chi connectivity index (χ0v) is 9.28. The Balaban J connectivity index is 2.69. The first-order valence-electron chi connectivity index (χ1n) is 4.67. The molecule has 2 heterocycles. The van der Waals surface area contributed by atoms with Gasteiger partial charge in [-0.3, -0.25) is 4.40 Å². The number of hydrogen-bond donors (Lipinski definition) is 2. The fraction of sp³-hybridized carbons (Fsp3) is 0.300. The van der Waals surface area contributed by atoms with Gasteiger partial charge < -0.3 is 10.4 Å². The van der Waals surface area contributed by atoms with Gasteiger partial charge in [-0.05, 0) is 26.1 Å². The number of aromatic hydroxyl groups is 1. The SMILES string of the molecule is CNC(C)c1nc(Cl)c2ccc(O)cn12. The van der Waals surface area contributed by atoms with E-state index in [1.807, 2.05) is 14.0 Å². The van der Waals surface area contributed by atoms with Crippen molar-refractivity contribution in [2.45, 2.75) is 13.0 Å². The monoisotopic (exact) mass is 225 g/mol. The molecule has 0 aliphatic carbocycles. The molecule has 2 rings (SSSR count). The summed E-state index contributed by atoms with van der Waals surface area (Å²) in [7, 11) is 1.85. The molecule has 2 N–H and O–H groups in total. The average Bonchev–Trinajstić information content (AvgIpc) is 2.54. The smallest absolute Gasteiger partial charge is 0.155 e. The van der Waals surface area contributed by atoms with Crippen LogP contribution in [0, 0.1) is 0 Å². The van der Waals surface area contributed by atoms with E-state index < -0.39 is 0 Å². The number of nitrogens with zero attached hydrogens (tertiary/aromatic N) is 2. The molecule has 5 heteroatoms. The molecule has 0 spiro atoms. The van der Waals surface area contributed by atoms with E-state index in [1.54, 1.807) is 22.7 Å². The third-order valence-corrected chi connectivity index (χ3v) is 2.70. The van der Waals surface area contributed by atoms with Crippen molar-refractivity contribution in [2.75, 3.05) is 7.05 Å². The van der Waals surface area contributed by atoms with Crippen LogP contribution in [0.2, 0.25) is 5.15 Å². The van der Waals surface area contributed by atoms with Gasteiger partial charge in [0, 0.05) is 0 Å². The predicted octanol–water partition coefficient (Wildman–Crippen LogP) is 1.97. The molecule has 0 aromatic carbocycles. The van der Waals surface area contributed by atoms with Gasteiger partial charge in [0.2, 0.25) is 0 Å². The minimum atomic E-state index is 0.0757. The number of fused-ring (bicyclic) bond motifs is 1. The van der Waals surface area contributed by atoms with E-state index in [0.717, 1.165) is 11.3 Å². The maximum absolute atomic E-state index is 9.41. The lowest BCUT2D eigenvalue weighted by Gasteiger charge is -2.08. The lowest BCUT2D eigenvalue weighted by Crippen LogP contribution is -2.15. The Kier molecular flexibility index (Phi) is 2.54. The lowest BCUT2D eigenvalue weighted by molar-refractivity contribution is 0.470. The van der Waals surface area contributed by atoms with Gasteiger partial charge in [0.1, 0.15) is 11.6 Å². The van der Waals surface area contributed by atoms with Gasteiger partial charge in [-0.2, -0.15) is 0 Å². The largest absolute Gasteiger partial charge is 0.506 e. The number of halogens is 1. The Morgan fingerprint density at radius 3 is 2.93 bits per heavy atom. The summed E-state index contributed by atoms with van der Waals surface area (Å²) in [5.74, 6) is 0.981. The highest BCUT2D eigenvalue weighted by molar-refractivity contribution is 6.32. The summed E-state index contributed by atoms with van der Waals surface area (Å²) in [4.78, 5) is 4.26. The molecule has 0 saturated heterocycles. The molecule has 0 radical (unpaired) electrons. The van der Waals surface area contributed by atoms with Crippen LogP contribution in [-0.4, -0.2) is 21.5 Å². The summed E-state index contributed by atoms with van der Waals surface area (Å²) in [5, 5.41) is 12.9. The minimum absolute atomic E-state index is 0.0757. The van der Waals surface area contributed by atoms with Crippen molar-refractivity contribution in [1.29, 1.82) is 0 Å². The van der Waals surface area contributed by atoms with Gasteiger partial charge in [-0.1, -0.05) is 11.6 Å². The maximum atomic E-state index is 9.41. The third kappa shape index (κ3) is 1.66. The van der Waals surface area contributed by atoms with E-state index >= 15 is 0 Å². The Morgan fingerprint density at radius 2 is 2.27 bits per heavy atom. The molecule has 1 unspecified atom stereocenters. The van der Waals surface area contributed by atoms with Gasteiger partial charge in [0.25, 0.3) is 0 Å². The highest BCUT2D eigenvalue weighted by Gasteiger charge is 2.14. The molecule has 2 aromatic rings. The number of hydrogen-bond acceptors (Lipinski definition) is 3. The second-order valence-corrected chi connectivity index (χ2v) is 3.77. The predicted molar refractivity (Wildman–Crippen MR) is 59.3 cm³/mol. The zero-order chi connectivity index (χ0) is 11.0. The number of imidazole rings is 1. The first-order chi connectivity index (χ1) is 7.13. The molecule has 0 aliphatic heterocycles. The summed E-state index contributed by atoms with van der Waals surface area (Å²) < 4.78 is 1.79.